The minimum atomic E-state index is 0.420. The van der Waals surface area contributed by atoms with E-state index < -0.39 is 0 Å². The first-order chi connectivity index (χ1) is 7.16. The average Bonchev–Trinajstić information content (AvgIpc) is 2.16. The van der Waals surface area contributed by atoms with Gasteiger partial charge in [0, 0.05) is 19.6 Å². The summed E-state index contributed by atoms with van der Waals surface area (Å²) in [7, 11) is 0. The number of hydrogen-bond donors (Lipinski definition) is 1. The second kappa shape index (κ2) is 2.91. The Hall–Kier alpha value is -1.18. The molecule has 0 spiro atoms. The molecule has 2 heterocycles. The minimum absolute atomic E-state index is 0.420. The Morgan fingerprint density at radius 3 is 3.07 bits per heavy atom. The number of rotatable bonds is 0. The van der Waals surface area contributed by atoms with Crippen molar-refractivity contribution in [1.82, 2.24) is 0 Å². The van der Waals surface area contributed by atoms with Gasteiger partial charge in [-0.05, 0) is 23.5 Å². The smallest absolute Gasteiger partial charge is 0.0635 e. The maximum Gasteiger partial charge on any atom is 0.0635 e. The van der Waals surface area contributed by atoms with Crippen LogP contribution in [0.25, 0.3) is 0 Å². The Bertz CT molecular complexity index is 396. The lowest BCUT2D eigenvalue weighted by molar-refractivity contribution is 0.348. The summed E-state index contributed by atoms with van der Waals surface area (Å²) in [5.74, 6) is 0. The van der Waals surface area contributed by atoms with E-state index in [9.17, 15) is 0 Å². The summed E-state index contributed by atoms with van der Waals surface area (Å²) in [6, 6.07) is 6.65. The molecular weight excluding hydrogens is 184 g/mol. The zero-order chi connectivity index (χ0) is 10.5. The van der Waals surface area contributed by atoms with E-state index >= 15 is 0 Å². The first-order valence-corrected chi connectivity index (χ1v) is 5.76. The van der Waals surface area contributed by atoms with Gasteiger partial charge in [0.05, 0.1) is 11.4 Å². The molecule has 2 aliphatic heterocycles. The van der Waals surface area contributed by atoms with E-state index in [4.69, 9.17) is 0 Å². The molecule has 2 aliphatic rings. The third kappa shape index (κ3) is 1.39. The van der Waals surface area contributed by atoms with Crippen LogP contribution in [0, 0.1) is 5.41 Å². The number of anilines is 2. The third-order valence-electron chi connectivity index (χ3n) is 3.42. The van der Waals surface area contributed by atoms with Gasteiger partial charge in [-0.3, -0.25) is 0 Å². The Labute approximate surface area is 91.3 Å². The molecule has 0 unspecified atom stereocenters. The van der Waals surface area contributed by atoms with Crippen molar-refractivity contribution in [2.75, 3.05) is 29.9 Å². The monoisotopic (exact) mass is 202 g/mol. The molecule has 3 rings (SSSR count). The molecule has 2 nitrogen and oxygen atoms in total. The Kier molecular flexibility index (Phi) is 1.76. The first kappa shape index (κ1) is 9.08. The molecule has 0 bridgehead atoms. The van der Waals surface area contributed by atoms with E-state index in [2.05, 4.69) is 42.3 Å². The number of nitrogens with zero attached hydrogens (tertiary/aromatic N) is 1. The lowest BCUT2D eigenvalue weighted by Crippen LogP contribution is -2.45. The highest BCUT2D eigenvalue weighted by Gasteiger charge is 2.32. The lowest BCUT2D eigenvalue weighted by Gasteiger charge is -2.44. The van der Waals surface area contributed by atoms with Crippen molar-refractivity contribution < 1.29 is 0 Å². The standard InChI is InChI=1S/C13H18N2/c1-13(2)8-10-4-3-5-11-12(10)15(9-13)7-6-14-11/h3-5,14H,6-9H2,1-2H3. The van der Waals surface area contributed by atoms with Gasteiger partial charge in [0.2, 0.25) is 0 Å². The quantitative estimate of drug-likeness (QED) is 0.695. The van der Waals surface area contributed by atoms with Crippen molar-refractivity contribution in [2.24, 2.45) is 5.41 Å². The van der Waals surface area contributed by atoms with Gasteiger partial charge in [-0.2, -0.15) is 0 Å². The highest BCUT2D eigenvalue weighted by molar-refractivity contribution is 5.76. The minimum Gasteiger partial charge on any atom is -0.382 e. The zero-order valence-electron chi connectivity index (χ0n) is 9.51. The van der Waals surface area contributed by atoms with Crippen LogP contribution in [0.15, 0.2) is 18.2 Å². The van der Waals surface area contributed by atoms with E-state index in [0.29, 0.717) is 5.41 Å². The molecule has 0 amide bonds. The largest absolute Gasteiger partial charge is 0.382 e. The summed E-state index contributed by atoms with van der Waals surface area (Å²) in [5, 5.41) is 3.49. The van der Waals surface area contributed by atoms with E-state index in [1.54, 1.807) is 0 Å². The van der Waals surface area contributed by atoms with Crippen LogP contribution < -0.4 is 10.2 Å². The highest BCUT2D eigenvalue weighted by atomic mass is 15.2. The van der Waals surface area contributed by atoms with Crippen LogP contribution >= 0.6 is 0 Å². The van der Waals surface area contributed by atoms with Gasteiger partial charge in [-0.25, -0.2) is 0 Å². The molecule has 0 aromatic heterocycles. The molecule has 0 radical (unpaired) electrons. The van der Waals surface area contributed by atoms with Gasteiger partial charge in [0.1, 0.15) is 0 Å². The van der Waals surface area contributed by atoms with Crippen molar-refractivity contribution in [3.8, 4) is 0 Å². The van der Waals surface area contributed by atoms with Gasteiger partial charge < -0.3 is 10.2 Å². The lowest BCUT2D eigenvalue weighted by atomic mass is 9.80. The van der Waals surface area contributed by atoms with Crippen LogP contribution in [0.2, 0.25) is 0 Å². The normalized spacial score (nSPS) is 21.9. The maximum atomic E-state index is 3.49. The van der Waals surface area contributed by atoms with Crippen molar-refractivity contribution in [1.29, 1.82) is 0 Å². The fourth-order valence-electron chi connectivity index (χ4n) is 2.93. The van der Waals surface area contributed by atoms with Gasteiger partial charge in [-0.15, -0.1) is 0 Å². The predicted octanol–water partition coefficient (Wildman–Crippen LogP) is 2.50. The third-order valence-corrected chi connectivity index (χ3v) is 3.42. The van der Waals surface area contributed by atoms with Gasteiger partial charge in [0.15, 0.2) is 0 Å². The molecule has 80 valence electrons. The fraction of sp³-hybridized carbons (Fsp3) is 0.538. The molecule has 0 saturated carbocycles. The molecule has 0 aliphatic carbocycles. The van der Waals surface area contributed by atoms with E-state index in [0.717, 1.165) is 13.1 Å². The summed E-state index contributed by atoms with van der Waals surface area (Å²) in [6.45, 7) is 8.15. The van der Waals surface area contributed by atoms with Gasteiger partial charge in [0.25, 0.3) is 0 Å². The maximum absolute atomic E-state index is 3.49. The highest BCUT2D eigenvalue weighted by Crippen LogP contribution is 2.41. The number of para-hydroxylation sites is 1. The second-order valence-corrected chi connectivity index (χ2v) is 5.50. The summed E-state index contributed by atoms with van der Waals surface area (Å²) in [4.78, 5) is 2.55. The second-order valence-electron chi connectivity index (χ2n) is 5.50. The van der Waals surface area contributed by atoms with Crippen molar-refractivity contribution in [3.63, 3.8) is 0 Å². The van der Waals surface area contributed by atoms with Crippen molar-refractivity contribution >= 4 is 11.4 Å². The van der Waals surface area contributed by atoms with E-state index in [1.807, 2.05) is 0 Å². The Balaban J connectivity index is 2.14. The summed E-state index contributed by atoms with van der Waals surface area (Å²) in [6.07, 6.45) is 1.20. The van der Waals surface area contributed by atoms with Crippen LogP contribution in [0.4, 0.5) is 11.4 Å². The Morgan fingerprint density at radius 2 is 2.20 bits per heavy atom. The molecule has 1 aromatic rings. The summed E-state index contributed by atoms with van der Waals surface area (Å²) in [5.41, 5.74) is 4.72. The van der Waals surface area contributed by atoms with E-state index in [-0.39, 0.29) is 0 Å². The van der Waals surface area contributed by atoms with Gasteiger partial charge >= 0.3 is 0 Å². The first-order valence-electron chi connectivity index (χ1n) is 5.76. The average molecular weight is 202 g/mol. The number of benzene rings is 1. The van der Waals surface area contributed by atoms with Crippen molar-refractivity contribution in [2.45, 2.75) is 20.3 Å². The topological polar surface area (TPSA) is 15.3 Å². The molecule has 2 heteroatoms. The van der Waals surface area contributed by atoms with Gasteiger partial charge in [-0.1, -0.05) is 26.0 Å². The van der Waals surface area contributed by atoms with E-state index in [1.165, 1.54) is 29.9 Å². The molecule has 0 saturated heterocycles. The zero-order valence-corrected chi connectivity index (χ0v) is 9.51. The van der Waals surface area contributed by atoms with Crippen LogP contribution in [0.1, 0.15) is 19.4 Å². The Morgan fingerprint density at radius 1 is 1.33 bits per heavy atom. The molecule has 1 aromatic carbocycles. The molecule has 1 N–H and O–H groups in total. The van der Waals surface area contributed by atoms with Crippen LogP contribution in [-0.2, 0) is 6.42 Å². The summed E-state index contributed by atoms with van der Waals surface area (Å²) >= 11 is 0. The molecule has 0 fully saturated rings. The van der Waals surface area contributed by atoms with Crippen LogP contribution in [0.5, 0.6) is 0 Å². The van der Waals surface area contributed by atoms with Crippen LogP contribution in [-0.4, -0.2) is 19.6 Å². The summed E-state index contributed by atoms with van der Waals surface area (Å²) < 4.78 is 0. The SMILES string of the molecule is CC1(C)Cc2cccc3c2N(CCN3)C1. The molecule has 0 atom stereocenters. The number of nitrogens with one attached hydrogen (secondary N) is 1. The number of hydrogen-bond acceptors (Lipinski definition) is 2. The predicted molar refractivity (Wildman–Crippen MR) is 64.6 cm³/mol. The molecular formula is C13H18N2. The fourth-order valence-corrected chi connectivity index (χ4v) is 2.93. The molecule has 15 heavy (non-hydrogen) atoms. The van der Waals surface area contributed by atoms with Crippen molar-refractivity contribution in [3.05, 3.63) is 23.8 Å². The van der Waals surface area contributed by atoms with Crippen LogP contribution in [0.3, 0.4) is 0 Å².